The van der Waals surface area contributed by atoms with E-state index in [-0.39, 0.29) is 13.2 Å². The fraction of sp³-hybridized carbons (Fsp3) is 0.444. The molecule has 2 amide bonds. The summed E-state index contributed by atoms with van der Waals surface area (Å²) in [6, 6.07) is 7.70. The third-order valence-electron chi connectivity index (χ3n) is 4.43. The smallest absolute Gasteiger partial charge is 0.433 e. The van der Waals surface area contributed by atoms with Crippen LogP contribution in [0.1, 0.15) is 19.5 Å². The van der Waals surface area contributed by atoms with Gasteiger partial charge in [0.25, 0.3) is 0 Å². The van der Waals surface area contributed by atoms with Crippen molar-refractivity contribution in [1.29, 1.82) is 0 Å². The number of benzene rings is 1. The average Bonchev–Trinajstić information content (AvgIpc) is 2.93. The van der Waals surface area contributed by atoms with Crippen molar-refractivity contribution in [2.75, 3.05) is 25.3 Å². The second-order valence-electron chi connectivity index (χ2n) is 5.82. The van der Waals surface area contributed by atoms with E-state index in [0.717, 1.165) is 16.6 Å². The van der Waals surface area contributed by atoms with Gasteiger partial charge in [-0.25, -0.2) is 9.59 Å². The molecule has 0 spiro atoms. The van der Waals surface area contributed by atoms with Crippen molar-refractivity contribution < 1.29 is 23.8 Å². The van der Waals surface area contributed by atoms with Gasteiger partial charge in [-0.15, -0.1) is 0 Å². The van der Waals surface area contributed by atoms with Crippen molar-refractivity contribution in [3.8, 4) is 0 Å². The Hall–Kier alpha value is -2.74. The van der Waals surface area contributed by atoms with Gasteiger partial charge in [-0.3, -0.25) is 0 Å². The number of hydrazine groups is 1. The summed E-state index contributed by atoms with van der Waals surface area (Å²) in [5.41, 5.74) is 2.45. The molecule has 0 saturated heterocycles. The second kappa shape index (κ2) is 7.25. The number of rotatable bonds is 3. The van der Waals surface area contributed by atoms with E-state index < -0.39 is 18.4 Å². The molecule has 1 aromatic carbocycles. The molecule has 1 atom stereocenters. The standard InChI is InChI=1S/C18H23N3O5/c1-5-25-17(22)20-15(24-4)11-14-16(21(20)18(23)26-6-2)12-9-7-8-10-13(12)19(14)3/h7-10,15H,5-6,11H2,1-4H3. The molecule has 0 saturated carbocycles. The maximum Gasteiger partial charge on any atom is 0.433 e. The van der Waals surface area contributed by atoms with E-state index >= 15 is 0 Å². The molecular weight excluding hydrogens is 338 g/mol. The third-order valence-corrected chi connectivity index (χ3v) is 4.43. The molecule has 26 heavy (non-hydrogen) atoms. The Morgan fingerprint density at radius 3 is 2.42 bits per heavy atom. The van der Waals surface area contributed by atoms with Crippen LogP contribution in [0.2, 0.25) is 0 Å². The predicted molar refractivity (Wildman–Crippen MR) is 95.8 cm³/mol. The van der Waals surface area contributed by atoms with Crippen LogP contribution in [-0.4, -0.2) is 48.3 Å². The number of carbonyl (C=O) groups excluding carboxylic acids is 2. The predicted octanol–water partition coefficient (Wildman–Crippen LogP) is 3.04. The molecular formula is C18H23N3O5. The molecule has 2 aromatic rings. The van der Waals surface area contributed by atoms with E-state index in [0.29, 0.717) is 12.1 Å². The number of para-hydroxylation sites is 1. The van der Waals surface area contributed by atoms with Crippen LogP contribution in [0.4, 0.5) is 15.3 Å². The zero-order valence-corrected chi connectivity index (χ0v) is 15.4. The lowest BCUT2D eigenvalue weighted by Gasteiger charge is -2.41. The number of hydrogen-bond acceptors (Lipinski definition) is 5. The molecule has 3 rings (SSSR count). The van der Waals surface area contributed by atoms with Crippen molar-refractivity contribution in [3.05, 3.63) is 30.0 Å². The normalized spacial score (nSPS) is 16.5. The fourth-order valence-corrected chi connectivity index (χ4v) is 3.32. The lowest BCUT2D eigenvalue weighted by Crippen LogP contribution is -2.59. The number of aromatic nitrogens is 1. The van der Waals surface area contributed by atoms with Crippen LogP contribution >= 0.6 is 0 Å². The van der Waals surface area contributed by atoms with E-state index in [1.54, 1.807) is 13.8 Å². The minimum Gasteiger partial charge on any atom is -0.448 e. The van der Waals surface area contributed by atoms with Crippen molar-refractivity contribution in [3.63, 3.8) is 0 Å². The Kier molecular flexibility index (Phi) is 5.03. The molecule has 1 aliphatic heterocycles. The highest BCUT2D eigenvalue weighted by Gasteiger charge is 2.43. The number of methoxy groups -OCH3 is 1. The number of fused-ring (bicyclic) bond motifs is 3. The lowest BCUT2D eigenvalue weighted by atomic mass is 10.1. The number of aryl methyl sites for hydroxylation is 1. The fourth-order valence-electron chi connectivity index (χ4n) is 3.32. The first kappa shape index (κ1) is 18.1. The quantitative estimate of drug-likeness (QED) is 0.840. The van der Waals surface area contributed by atoms with E-state index in [9.17, 15) is 9.59 Å². The molecule has 1 aliphatic rings. The van der Waals surface area contributed by atoms with Gasteiger partial charge >= 0.3 is 12.2 Å². The van der Waals surface area contributed by atoms with E-state index in [2.05, 4.69) is 0 Å². The molecule has 0 fully saturated rings. The van der Waals surface area contributed by atoms with Crippen LogP contribution in [0.25, 0.3) is 10.9 Å². The Balaban J connectivity index is 2.23. The van der Waals surface area contributed by atoms with Crippen LogP contribution in [-0.2, 0) is 27.7 Å². The molecule has 140 valence electrons. The highest BCUT2D eigenvalue weighted by Crippen LogP contribution is 2.40. The molecule has 0 bridgehead atoms. The Labute approximate surface area is 151 Å². The number of hydrogen-bond donors (Lipinski definition) is 0. The summed E-state index contributed by atoms with van der Waals surface area (Å²) in [6.07, 6.45) is -1.58. The van der Waals surface area contributed by atoms with Crippen LogP contribution in [0.3, 0.4) is 0 Å². The maximum atomic E-state index is 12.8. The summed E-state index contributed by atoms with van der Waals surface area (Å²) in [4.78, 5) is 25.4. The highest BCUT2D eigenvalue weighted by molar-refractivity contribution is 6.04. The van der Waals surface area contributed by atoms with Crippen LogP contribution in [0, 0.1) is 0 Å². The van der Waals surface area contributed by atoms with Gasteiger partial charge < -0.3 is 18.8 Å². The first-order valence-corrected chi connectivity index (χ1v) is 8.56. The highest BCUT2D eigenvalue weighted by atomic mass is 16.6. The summed E-state index contributed by atoms with van der Waals surface area (Å²) in [6.45, 7) is 3.80. The SMILES string of the molecule is CCOC(=O)N1c2c(n(C)c3ccccc23)CC(OC)N1C(=O)OCC. The third kappa shape index (κ3) is 2.76. The van der Waals surface area contributed by atoms with Gasteiger partial charge in [0.15, 0.2) is 6.23 Å². The van der Waals surface area contributed by atoms with Crippen LogP contribution in [0.5, 0.6) is 0 Å². The van der Waals surface area contributed by atoms with Crippen molar-refractivity contribution >= 4 is 28.8 Å². The Morgan fingerprint density at radius 1 is 1.12 bits per heavy atom. The van der Waals surface area contributed by atoms with Crippen LogP contribution in [0.15, 0.2) is 24.3 Å². The monoisotopic (exact) mass is 361 g/mol. The first-order chi connectivity index (χ1) is 12.5. The second-order valence-corrected chi connectivity index (χ2v) is 5.82. The average molecular weight is 361 g/mol. The Morgan fingerprint density at radius 2 is 1.77 bits per heavy atom. The number of nitrogens with zero attached hydrogens (tertiary/aromatic N) is 3. The summed E-state index contributed by atoms with van der Waals surface area (Å²) in [7, 11) is 3.42. The van der Waals surface area contributed by atoms with Gasteiger partial charge in [-0.1, -0.05) is 18.2 Å². The first-order valence-electron chi connectivity index (χ1n) is 8.56. The zero-order chi connectivity index (χ0) is 18.8. The van der Waals surface area contributed by atoms with Crippen molar-refractivity contribution in [2.45, 2.75) is 26.5 Å². The van der Waals surface area contributed by atoms with Gasteiger partial charge in [0, 0.05) is 31.7 Å². The Bertz CT molecular complexity index is 832. The van der Waals surface area contributed by atoms with Crippen LogP contribution < -0.4 is 5.01 Å². The molecule has 1 unspecified atom stereocenters. The molecule has 8 heteroatoms. The summed E-state index contributed by atoms with van der Waals surface area (Å²) >= 11 is 0. The maximum absolute atomic E-state index is 12.8. The number of carbonyl (C=O) groups is 2. The van der Waals surface area contributed by atoms with Crippen molar-refractivity contribution in [1.82, 2.24) is 9.58 Å². The van der Waals surface area contributed by atoms with Gasteiger partial charge in [0.2, 0.25) is 0 Å². The zero-order valence-electron chi connectivity index (χ0n) is 15.4. The van der Waals surface area contributed by atoms with E-state index in [1.807, 2.05) is 35.9 Å². The summed E-state index contributed by atoms with van der Waals surface area (Å²) < 4.78 is 17.9. The van der Waals surface area contributed by atoms with Gasteiger partial charge in [-0.2, -0.15) is 10.0 Å². The topological polar surface area (TPSA) is 73.2 Å². The summed E-state index contributed by atoms with van der Waals surface area (Å²) in [5, 5.41) is 3.27. The van der Waals surface area contributed by atoms with E-state index in [1.165, 1.54) is 17.1 Å². The van der Waals surface area contributed by atoms with E-state index in [4.69, 9.17) is 14.2 Å². The molecule has 8 nitrogen and oxygen atoms in total. The van der Waals surface area contributed by atoms with Gasteiger partial charge in [0.1, 0.15) is 0 Å². The van der Waals surface area contributed by atoms with Crippen molar-refractivity contribution in [2.24, 2.45) is 7.05 Å². The molecule has 0 aliphatic carbocycles. The summed E-state index contributed by atoms with van der Waals surface area (Å²) in [5.74, 6) is 0. The number of anilines is 1. The number of amides is 2. The lowest BCUT2D eigenvalue weighted by molar-refractivity contribution is -0.0391. The minimum atomic E-state index is -0.686. The molecule has 2 heterocycles. The largest absolute Gasteiger partial charge is 0.448 e. The minimum absolute atomic E-state index is 0.184. The van der Waals surface area contributed by atoms with Gasteiger partial charge in [-0.05, 0) is 19.9 Å². The molecule has 0 N–H and O–H groups in total. The molecule has 0 radical (unpaired) electrons. The van der Waals surface area contributed by atoms with Gasteiger partial charge in [0.05, 0.1) is 24.4 Å². The molecule has 1 aromatic heterocycles. The number of ether oxygens (including phenoxy) is 3.